The van der Waals surface area contributed by atoms with Crippen molar-refractivity contribution < 1.29 is 9.53 Å². The number of hydrogen-bond acceptors (Lipinski definition) is 3. The van der Waals surface area contributed by atoms with E-state index in [1.807, 2.05) is 6.92 Å². The molecule has 0 radical (unpaired) electrons. The van der Waals surface area contributed by atoms with Crippen LogP contribution in [0.5, 0.6) is 0 Å². The van der Waals surface area contributed by atoms with Gasteiger partial charge in [0.15, 0.2) is 0 Å². The van der Waals surface area contributed by atoms with E-state index < -0.39 is 0 Å². The number of carbonyl (C=O) groups excluding carboxylic acids is 1. The molecule has 2 N–H and O–H groups in total. The molecule has 1 saturated carbocycles. The van der Waals surface area contributed by atoms with Crippen LogP contribution in [0.15, 0.2) is 0 Å². The van der Waals surface area contributed by atoms with E-state index in [1.54, 1.807) is 0 Å². The number of rotatable bonds is 4. The zero-order valence-corrected chi connectivity index (χ0v) is 11.7. The van der Waals surface area contributed by atoms with Gasteiger partial charge >= 0.3 is 5.97 Å². The van der Waals surface area contributed by atoms with E-state index >= 15 is 0 Å². The van der Waals surface area contributed by atoms with E-state index in [0.717, 1.165) is 19.3 Å². The Labute approximate surface area is 105 Å². The molecule has 0 bridgehead atoms. The van der Waals surface area contributed by atoms with Crippen molar-refractivity contribution in [3.05, 3.63) is 0 Å². The van der Waals surface area contributed by atoms with Crippen LogP contribution in [0.3, 0.4) is 0 Å². The highest BCUT2D eigenvalue weighted by Crippen LogP contribution is 2.39. The van der Waals surface area contributed by atoms with Gasteiger partial charge in [0.2, 0.25) is 0 Å². The smallest absolute Gasteiger partial charge is 0.310 e. The molecule has 100 valence electrons. The molecule has 3 unspecified atom stereocenters. The maximum atomic E-state index is 11.9. The minimum atomic E-state index is -0.129. The van der Waals surface area contributed by atoms with Gasteiger partial charge in [0.05, 0.1) is 5.92 Å². The summed E-state index contributed by atoms with van der Waals surface area (Å²) in [6, 6.07) is 0. The van der Waals surface area contributed by atoms with Crippen molar-refractivity contribution in [2.45, 2.75) is 59.5 Å². The van der Waals surface area contributed by atoms with E-state index in [-0.39, 0.29) is 23.4 Å². The number of esters is 1. The molecule has 0 spiro atoms. The predicted molar refractivity (Wildman–Crippen MR) is 69.5 cm³/mol. The van der Waals surface area contributed by atoms with E-state index in [0.29, 0.717) is 12.5 Å². The molecule has 1 fully saturated rings. The molecule has 1 aliphatic carbocycles. The normalized spacial score (nSPS) is 29.7. The standard InChI is InChI=1S/C14H27NO2/c1-5-11(9-15)13(16)17-12-6-10(2)7-14(3,4)8-12/h10-12H,5-9,15H2,1-4H3. The highest BCUT2D eigenvalue weighted by molar-refractivity contribution is 5.72. The molecule has 17 heavy (non-hydrogen) atoms. The van der Waals surface area contributed by atoms with Crippen LogP contribution in [-0.4, -0.2) is 18.6 Å². The van der Waals surface area contributed by atoms with Crippen LogP contribution in [0.1, 0.15) is 53.4 Å². The lowest BCUT2D eigenvalue weighted by atomic mass is 9.71. The Balaban J connectivity index is 2.53. The first kappa shape index (κ1) is 14.5. The van der Waals surface area contributed by atoms with Gasteiger partial charge in [-0.15, -0.1) is 0 Å². The Bertz CT molecular complexity index is 259. The fourth-order valence-corrected chi connectivity index (χ4v) is 3.04. The molecule has 0 aromatic carbocycles. The summed E-state index contributed by atoms with van der Waals surface area (Å²) >= 11 is 0. The third-order valence-electron chi connectivity index (χ3n) is 3.74. The van der Waals surface area contributed by atoms with Crippen LogP contribution in [0, 0.1) is 17.3 Å². The first-order chi connectivity index (χ1) is 7.88. The number of carbonyl (C=O) groups is 1. The molecule has 0 saturated heterocycles. The third-order valence-corrected chi connectivity index (χ3v) is 3.74. The van der Waals surface area contributed by atoms with Crippen molar-refractivity contribution >= 4 is 5.97 Å². The third kappa shape index (κ3) is 4.30. The molecule has 0 aliphatic heterocycles. The van der Waals surface area contributed by atoms with Crippen molar-refractivity contribution in [3.63, 3.8) is 0 Å². The number of ether oxygens (including phenoxy) is 1. The van der Waals surface area contributed by atoms with Gasteiger partial charge in [0.1, 0.15) is 6.10 Å². The second kappa shape index (κ2) is 5.85. The number of hydrogen-bond donors (Lipinski definition) is 1. The van der Waals surface area contributed by atoms with Crippen LogP contribution in [0.4, 0.5) is 0 Å². The maximum absolute atomic E-state index is 11.9. The molecule has 3 atom stereocenters. The van der Waals surface area contributed by atoms with Crippen LogP contribution in [0.2, 0.25) is 0 Å². The highest BCUT2D eigenvalue weighted by Gasteiger charge is 2.34. The quantitative estimate of drug-likeness (QED) is 0.770. The van der Waals surface area contributed by atoms with Crippen LogP contribution >= 0.6 is 0 Å². The monoisotopic (exact) mass is 241 g/mol. The average molecular weight is 241 g/mol. The van der Waals surface area contributed by atoms with Crippen LogP contribution in [0.25, 0.3) is 0 Å². The summed E-state index contributed by atoms with van der Waals surface area (Å²) in [4.78, 5) is 11.9. The highest BCUT2D eigenvalue weighted by atomic mass is 16.5. The molecule has 0 heterocycles. The van der Waals surface area contributed by atoms with Gasteiger partial charge in [-0.2, -0.15) is 0 Å². The molecular formula is C14H27NO2. The molecule has 0 amide bonds. The SMILES string of the molecule is CCC(CN)C(=O)OC1CC(C)CC(C)(C)C1. The minimum Gasteiger partial charge on any atom is -0.462 e. The first-order valence-corrected chi connectivity index (χ1v) is 6.78. The maximum Gasteiger partial charge on any atom is 0.310 e. The Morgan fingerprint density at radius 2 is 2.12 bits per heavy atom. The lowest BCUT2D eigenvalue weighted by Crippen LogP contribution is -2.36. The first-order valence-electron chi connectivity index (χ1n) is 6.78. The fraction of sp³-hybridized carbons (Fsp3) is 0.929. The predicted octanol–water partition coefficient (Wildman–Crippen LogP) is 2.73. The van der Waals surface area contributed by atoms with Gasteiger partial charge in [-0.1, -0.05) is 27.7 Å². The van der Waals surface area contributed by atoms with Crippen molar-refractivity contribution in [2.24, 2.45) is 23.0 Å². The van der Waals surface area contributed by atoms with Gasteiger partial charge < -0.3 is 10.5 Å². The zero-order chi connectivity index (χ0) is 13.1. The molecule has 1 rings (SSSR count). The molecule has 3 heteroatoms. The molecule has 0 aromatic heterocycles. The van der Waals surface area contributed by atoms with Crippen LogP contribution in [-0.2, 0) is 9.53 Å². The largest absolute Gasteiger partial charge is 0.462 e. The van der Waals surface area contributed by atoms with Crippen LogP contribution < -0.4 is 5.73 Å². The van der Waals surface area contributed by atoms with Gasteiger partial charge in [0, 0.05) is 6.54 Å². The summed E-state index contributed by atoms with van der Waals surface area (Å²) in [5, 5.41) is 0. The van der Waals surface area contributed by atoms with E-state index in [1.165, 1.54) is 6.42 Å². The second-order valence-corrected chi connectivity index (χ2v) is 6.31. The topological polar surface area (TPSA) is 52.3 Å². The number of nitrogens with two attached hydrogens (primary N) is 1. The summed E-state index contributed by atoms with van der Waals surface area (Å²) in [5.74, 6) is 0.398. The molecular weight excluding hydrogens is 214 g/mol. The van der Waals surface area contributed by atoms with E-state index in [2.05, 4.69) is 20.8 Å². The lowest BCUT2D eigenvalue weighted by molar-refractivity contribution is -0.158. The van der Waals surface area contributed by atoms with E-state index in [9.17, 15) is 4.79 Å². The van der Waals surface area contributed by atoms with Gasteiger partial charge in [0.25, 0.3) is 0 Å². The van der Waals surface area contributed by atoms with Gasteiger partial charge in [-0.3, -0.25) is 4.79 Å². The summed E-state index contributed by atoms with van der Waals surface area (Å²) in [6.07, 6.45) is 4.04. The lowest BCUT2D eigenvalue weighted by Gasteiger charge is -2.38. The average Bonchev–Trinajstić information content (AvgIpc) is 2.15. The Morgan fingerprint density at radius 3 is 2.59 bits per heavy atom. The summed E-state index contributed by atoms with van der Waals surface area (Å²) < 4.78 is 5.62. The second-order valence-electron chi connectivity index (χ2n) is 6.31. The van der Waals surface area contributed by atoms with Gasteiger partial charge in [-0.05, 0) is 37.0 Å². The minimum absolute atomic E-state index is 0.0850. The Hall–Kier alpha value is -0.570. The van der Waals surface area contributed by atoms with Crippen molar-refractivity contribution in [2.75, 3.05) is 6.54 Å². The summed E-state index contributed by atoms with van der Waals surface area (Å²) in [5.41, 5.74) is 5.85. The Kier molecular flexibility index (Phi) is 4.99. The molecule has 0 aromatic rings. The fourth-order valence-electron chi connectivity index (χ4n) is 3.04. The Morgan fingerprint density at radius 1 is 1.47 bits per heavy atom. The van der Waals surface area contributed by atoms with Crippen molar-refractivity contribution in [1.82, 2.24) is 0 Å². The molecule has 3 nitrogen and oxygen atoms in total. The molecule has 1 aliphatic rings. The van der Waals surface area contributed by atoms with E-state index in [4.69, 9.17) is 10.5 Å². The zero-order valence-electron chi connectivity index (χ0n) is 11.7. The summed E-state index contributed by atoms with van der Waals surface area (Å²) in [7, 11) is 0. The summed E-state index contributed by atoms with van der Waals surface area (Å²) in [6.45, 7) is 9.11. The van der Waals surface area contributed by atoms with Crippen molar-refractivity contribution in [3.8, 4) is 0 Å². The van der Waals surface area contributed by atoms with Crippen molar-refractivity contribution in [1.29, 1.82) is 0 Å². The van der Waals surface area contributed by atoms with Gasteiger partial charge in [-0.25, -0.2) is 0 Å².